The number of hydrogen-bond acceptors (Lipinski definition) is 3. The van der Waals surface area contributed by atoms with Crippen molar-refractivity contribution in [3.8, 4) is 34.4 Å². The van der Waals surface area contributed by atoms with E-state index in [4.69, 9.17) is 15.0 Å². The second-order valence-electron chi connectivity index (χ2n) is 10.8. The second kappa shape index (κ2) is 9.65. The van der Waals surface area contributed by atoms with Gasteiger partial charge in [0.1, 0.15) is 0 Å². The quantitative estimate of drug-likeness (QED) is 0.215. The molecule has 0 fully saturated rings. The summed E-state index contributed by atoms with van der Waals surface area (Å²) in [5, 5.41) is 4.61. The number of rotatable bonds is 4. The second-order valence-corrected chi connectivity index (χ2v) is 10.8. The molecule has 204 valence electrons. The molecule has 0 radical (unpaired) electrons. The highest BCUT2D eigenvalue weighted by atomic mass is 15.2. The van der Waals surface area contributed by atoms with Gasteiger partial charge in [-0.2, -0.15) is 9.97 Å². The molecule has 0 saturated heterocycles. The van der Waals surface area contributed by atoms with E-state index in [1.54, 1.807) is 0 Å². The summed E-state index contributed by atoms with van der Waals surface area (Å²) >= 11 is 0. The molecule has 6 aromatic carbocycles. The van der Waals surface area contributed by atoms with Crippen LogP contribution in [0.2, 0.25) is 0 Å². The van der Waals surface area contributed by atoms with Gasteiger partial charge in [-0.15, -0.1) is 0 Å². The van der Waals surface area contributed by atoms with E-state index in [9.17, 15) is 0 Å². The van der Waals surface area contributed by atoms with Gasteiger partial charge in [-0.1, -0.05) is 121 Å². The predicted octanol–water partition coefficient (Wildman–Crippen LogP) is 9.00. The van der Waals surface area contributed by atoms with Gasteiger partial charge in [0, 0.05) is 38.7 Å². The van der Waals surface area contributed by atoms with Crippen molar-refractivity contribution >= 4 is 43.6 Å². The molecule has 3 aromatic heterocycles. The van der Waals surface area contributed by atoms with Crippen molar-refractivity contribution in [2.24, 2.45) is 0 Å². The first-order valence-corrected chi connectivity index (χ1v) is 14.6. The number of fused-ring (bicyclic) bond motifs is 7. The van der Waals surface area contributed by atoms with Crippen molar-refractivity contribution < 1.29 is 0 Å². The van der Waals surface area contributed by atoms with E-state index in [-0.39, 0.29) is 0 Å². The molecule has 0 aliphatic rings. The molecule has 0 aliphatic heterocycles. The third kappa shape index (κ3) is 3.65. The smallest absolute Gasteiger partial charge is 0.238 e. The lowest BCUT2D eigenvalue weighted by Crippen LogP contribution is -2.07. The maximum atomic E-state index is 5.16. The van der Waals surface area contributed by atoms with Crippen LogP contribution in [0.5, 0.6) is 0 Å². The maximum absolute atomic E-state index is 5.16. The zero-order valence-corrected chi connectivity index (χ0v) is 23.5. The zero-order valence-electron chi connectivity index (χ0n) is 23.5. The highest BCUT2D eigenvalue weighted by molar-refractivity contribution is 6.23. The van der Waals surface area contributed by atoms with Crippen LogP contribution < -0.4 is 0 Å². The zero-order chi connectivity index (χ0) is 29.0. The molecule has 0 saturated carbocycles. The van der Waals surface area contributed by atoms with Crippen LogP contribution >= 0.6 is 0 Å². The van der Waals surface area contributed by atoms with Gasteiger partial charge in [-0.05, 0) is 24.3 Å². The fraction of sp³-hybridized carbons (Fsp3) is 0. The van der Waals surface area contributed by atoms with E-state index in [1.165, 1.54) is 5.39 Å². The molecule has 0 atom stereocenters. The normalized spacial score (nSPS) is 11.5. The molecule has 0 unspecified atom stereocenters. The van der Waals surface area contributed by atoms with Crippen molar-refractivity contribution in [2.45, 2.75) is 0 Å². The Morgan fingerprint density at radius 1 is 0.432 bits per heavy atom. The Balaban J connectivity index is 1.48. The van der Waals surface area contributed by atoms with Gasteiger partial charge >= 0.3 is 0 Å². The van der Waals surface area contributed by atoms with E-state index in [2.05, 4.69) is 88.0 Å². The van der Waals surface area contributed by atoms with Crippen molar-refractivity contribution in [1.29, 1.82) is 0 Å². The first-order valence-electron chi connectivity index (χ1n) is 14.6. The van der Waals surface area contributed by atoms with Crippen molar-refractivity contribution in [1.82, 2.24) is 24.1 Å². The molecule has 44 heavy (non-hydrogen) atoms. The average molecular weight is 562 g/mol. The minimum atomic E-state index is 0.571. The standard InChI is InChI=1S/C39H23N5/c1-4-14-26(15-5-1)37-40-38(27-16-6-2-7-17-27)42-39(41-37)44-34-23-13-11-21-30(34)32-25-24-31-29-20-10-12-22-33(29)43(35(31)36(32)44)28-18-8-3-9-19-28/h1-2,4-8,10-25H. The minimum Gasteiger partial charge on any atom is -0.307 e. The Hall–Kier alpha value is -6.25. The summed E-state index contributed by atoms with van der Waals surface area (Å²) in [7, 11) is 0. The molecule has 5 heteroatoms. The largest absolute Gasteiger partial charge is 0.307 e. The fourth-order valence-electron chi connectivity index (χ4n) is 6.35. The van der Waals surface area contributed by atoms with Gasteiger partial charge in [-0.3, -0.25) is 4.57 Å². The van der Waals surface area contributed by atoms with Crippen molar-refractivity contribution in [3.05, 3.63) is 152 Å². The monoisotopic (exact) mass is 561 g/mol. The Labute approximate surface area is 253 Å². The Morgan fingerprint density at radius 3 is 1.52 bits per heavy atom. The van der Waals surface area contributed by atoms with Crippen LogP contribution in [-0.2, 0) is 0 Å². The van der Waals surface area contributed by atoms with Gasteiger partial charge < -0.3 is 4.57 Å². The number of para-hydroxylation sites is 2. The number of nitrogens with zero attached hydrogens (tertiary/aromatic N) is 5. The van der Waals surface area contributed by atoms with Gasteiger partial charge in [0.25, 0.3) is 0 Å². The molecular weight excluding hydrogens is 538 g/mol. The van der Waals surface area contributed by atoms with E-state index in [0.717, 1.165) is 55.0 Å². The van der Waals surface area contributed by atoms with Gasteiger partial charge in [0.05, 0.1) is 27.8 Å². The van der Waals surface area contributed by atoms with Crippen LogP contribution in [0.15, 0.2) is 140 Å². The van der Waals surface area contributed by atoms with Crippen LogP contribution in [-0.4, -0.2) is 24.1 Å². The average Bonchev–Trinajstić information content (AvgIpc) is 3.62. The van der Waals surface area contributed by atoms with Crippen LogP contribution in [0.25, 0.3) is 78.0 Å². The summed E-state index contributed by atoms with van der Waals surface area (Å²) in [5.74, 6) is 1.82. The molecule has 0 bridgehead atoms. The minimum absolute atomic E-state index is 0.571. The summed E-state index contributed by atoms with van der Waals surface area (Å²) in [6, 6.07) is 53.9. The first-order chi connectivity index (χ1) is 21.8. The highest BCUT2D eigenvalue weighted by Crippen LogP contribution is 2.41. The van der Waals surface area contributed by atoms with Crippen LogP contribution in [0.3, 0.4) is 0 Å². The first kappa shape index (κ1) is 24.4. The van der Waals surface area contributed by atoms with Gasteiger partial charge in [0.15, 0.2) is 11.6 Å². The van der Waals surface area contributed by atoms with E-state index >= 15 is 0 Å². The molecular formula is C39H23N5. The molecule has 9 aromatic rings. The third-order valence-corrected chi connectivity index (χ3v) is 8.26. The molecule has 5 nitrogen and oxygen atoms in total. The summed E-state index contributed by atoms with van der Waals surface area (Å²) in [5.41, 5.74) is 7.17. The lowest BCUT2D eigenvalue weighted by atomic mass is 10.1. The van der Waals surface area contributed by atoms with E-state index in [1.807, 2.05) is 72.8 Å². The Kier molecular flexibility index (Phi) is 5.34. The number of aromatic nitrogens is 5. The Morgan fingerprint density at radius 2 is 0.955 bits per heavy atom. The van der Waals surface area contributed by atoms with Gasteiger partial charge in [-0.25, -0.2) is 4.98 Å². The third-order valence-electron chi connectivity index (χ3n) is 8.26. The highest BCUT2D eigenvalue weighted by Gasteiger charge is 2.23. The summed E-state index contributed by atoms with van der Waals surface area (Å²) < 4.78 is 4.53. The topological polar surface area (TPSA) is 48.5 Å². The molecule has 0 N–H and O–H groups in total. The SMILES string of the molecule is c1ccc(-n2c3ccccc3c3ccc4c5ccccc5n(-c5nc(-c6ccccc6)nc(-c6ccccc6)n5)c4c32)cc#1. The molecule has 9 rings (SSSR count). The summed E-state index contributed by atoms with van der Waals surface area (Å²) in [4.78, 5) is 15.3. The van der Waals surface area contributed by atoms with Crippen LogP contribution in [0.1, 0.15) is 0 Å². The number of benzene rings is 5. The fourth-order valence-corrected chi connectivity index (χ4v) is 6.35. The predicted molar refractivity (Wildman–Crippen MR) is 177 cm³/mol. The molecule has 0 amide bonds. The summed E-state index contributed by atoms with van der Waals surface area (Å²) in [6.45, 7) is 0. The lowest BCUT2D eigenvalue weighted by molar-refractivity contribution is 0.953. The lowest BCUT2D eigenvalue weighted by Gasteiger charge is -2.13. The van der Waals surface area contributed by atoms with Crippen molar-refractivity contribution in [2.75, 3.05) is 0 Å². The maximum Gasteiger partial charge on any atom is 0.238 e. The van der Waals surface area contributed by atoms with Crippen LogP contribution in [0.4, 0.5) is 0 Å². The molecule has 0 aliphatic carbocycles. The van der Waals surface area contributed by atoms with Crippen molar-refractivity contribution in [3.63, 3.8) is 0 Å². The summed E-state index contributed by atoms with van der Waals surface area (Å²) in [6.07, 6.45) is 0. The number of hydrogen-bond donors (Lipinski definition) is 0. The molecule has 3 heterocycles. The van der Waals surface area contributed by atoms with Gasteiger partial charge in [0.2, 0.25) is 5.95 Å². The molecule has 0 spiro atoms. The van der Waals surface area contributed by atoms with E-state index < -0.39 is 0 Å². The van der Waals surface area contributed by atoms with Crippen LogP contribution in [0, 0.1) is 12.1 Å². The Bertz CT molecular complexity index is 2420. The van der Waals surface area contributed by atoms with E-state index in [0.29, 0.717) is 17.6 Å².